The first-order valence-electron chi connectivity index (χ1n) is 6.99. The van der Waals surface area contributed by atoms with Crippen LogP contribution in [0.4, 0.5) is 0 Å². The first-order valence-corrected chi connectivity index (χ1v) is 6.99. The van der Waals surface area contributed by atoms with Gasteiger partial charge in [0.15, 0.2) is 0 Å². The minimum atomic E-state index is 0.357. The zero-order chi connectivity index (χ0) is 11.4. The zero-order valence-corrected chi connectivity index (χ0v) is 10.8. The molecule has 0 bridgehead atoms. The molecule has 2 atom stereocenters. The molecule has 1 saturated heterocycles. The topological polar surface area (TPSA) is 18.5 Å². The van der Waals surface area contributed by atoms with Crippen LogP contribution in [0.15, 0.2) is 0 Å². The fourth-order valence-electron chi connectivity index (χ4n) is 2.92. The van der Waals surface area contributed by atoms with E-state index in [2.05, 4.69) is 13.8 Å². The Morgan fingerprint density at radius 2 is 1.94 bits per heavy atom. The van der Waals surface area contributed by atoms with Crippen LogP contribution in [0.1, 0.15) is 52.4 Å². The monoisotopic (exact) mass is 226 g/mol. The van der Waals surface area contributed by atoms with Crippen molar-refractivity contribution in [3.63, 3.8) is 0 Å². The Kier molecular flexibility index (Phi) is 4.26. The molecule has 0 amide bonds. The second-order valence-corrected chi connectivity index (χ2v) is 5.65. The van der Waals surface area contributed by atoms with Crippen molar-refractivity contribution in [3.8, 4) is 0 Å². The van der Waals surface area contributed by atoms with Crippen LogP contribution in [0, 0.1) is 11.3 Å². The molecule has 2 unspecified atom stereocenters. The molecule has 1 saturated carbocycles. The second-order valence-electron chi connectivity index (χ2n) is 5.65. The maximum Gasteiger partial charge on any atom is 0.0603 e. The highest BCUT2D eigenvalue weighted by molar-refractivity contribution is 4.85. The third-order valence-corrected chi connectivity index (χ3v) is 4.53. The normalized spacial score (nSPS) is 33.4. The van der Waals surface area contributed by atoms with Crippen LogP contribution in [0.3, 0.4) is 0 Å². The van der Waals surface area contributed by atoms with Crippen molar-refractivity contribution < 1.29 is 9.47 Å². The number of hydrogen-bond acceptors (Lipinski definition) is 2. The van der Waals surface area contributed by atoms with Crippen LogP contribution in [0.2, 0.25) is 0 Å². The standard InChI is InChI=1S/C14H26O2/c1-3-12-7-5-6-8-13(12)16-11-14(4-2)9-15-10-14/h12-13H,3-11H2,1-2H3. The summed E-state index contributed by atoms with van der Waals surface area (Å²) in [6.07, 6.45) is 8.41. The van der Waals surface area contributed by atoms with E-state index in [0.29, 0.717) is 11.5 Å². The molecule has 16 heavy (non-hydrogen) atoms. The Balaban J connectivity index is 1.79. The average molecular weight is 226 g/mol. The first-order chi connectivity index (χ1) is 7.79. The van der Waals surface area contributed by atoms with Gasteiger partial charge in [-0.1, -0.05) is 33.1 Å². The lowest BCUT2D eigenvalue weighted by Gasteiger charge is -2.42. The van der Waals surface area contributed by atoms with E-state index in [0.717, 1.165) is 25.7 Å². The maximum atomic E-state index is 6.20. The van der Waals surface area contributed by atoms with Gasteiger partial charge in [-0.25, -0.2) is 0 Å². The van der Waals surface area contributed by atoms with Crippen molar-refractivity contribution in [2.45, 2.75) is 58.5 Å². The lowest BCUT2D eigenvalue weighted by Crippen LogP contribution is -2.47. The molecule has 0 radical (unpaired) electrons. The highest BCUT2D eigenvalue weighted by atomic mass is 16.5. The predicted octanol–water partition coefficient (Wildman–Crippen LogP) is 3.40. The van der Waals surface area contributed by atoms with Gasteiger partial charge in [-0.3, -0.25) is 0 Å². The van der Waals surface area contributed by atoms with Crippen molar-refractivity contribution in [2.24, 2.45) is 11.3 Å². The van der Waals surface area contributed by atoms with Gasteiger partial charge in [0.05, 0.1) is 25.9 Å². The molecule has 1 aliphatic heterocycles. The van der Waals surface area contributed by atoms with Crippen LogP contribution < -0.4 is 0 Å². The molecule has 1 heterocycles. The van der Waals surface area contributed by atoms with Gasteiger partial charge in [0, 0.05) is 5.41 Å². The zero-order valence-electron chi connectivity index (χ0n) is 10.8. The molecule has 0 aromatic rings. The van der Waals surface area contributed by atoms with Crippen molar-refractivity contribution >= 4 is 0 Å². The fraction of sp³-hybridized carbons (Fsp3) is 1.00. The summed E-state index contributed by atoms with van der Waals surface area (Å²) in [5.41, 5.74) is 0.357. The summed E-state index contributed by atoms with van der Waals surface area (Å²) in [4.78, 5) is 0. The first kappa shape index (κ1) is 12.4. The Hall–Kier alpha value is -0.0800. The maximum absolute atomic E-state index is 6.20. The number of rotatable bonds is 5. The van der Waals surface area contributed by atoms with Crippen LogP contribution >= 0.6 is 0 Å². The van der Waals surface area contributed by atoms with Gasteiger partial charge in [-0.15, -0.1) is 0 Å². The minimum Gasteiger partial charge on any atom is -0.380 e. The molecule has 0 N–H and O–H groups in total. The van der Waals surface area contributed by atoms with Gasteiger partial charge in [0.1, 0.15) is 0 Å². The van der Waals surface area contributed by atoms with Crippen molar-refractivity contribution in [3.05, 3.63) is 0 Å². The summed E-state index contributed by atoms with van der Waals surface area (Å²) >= 11 is 0. The van der Waals surface area contributed by atoms with E-state index in [-0.39, 0.29) is 0 Å². The number of hydrogen-bond donors (Lipinski definition) is 0. The largest absolute Gasteiger partial charge is 0.380 e. The highest BCUT2D eigenvalue weighted by Gasteiger charge is 2.38. The highest BCUT2D eigenvalue weighted by Crippen LogP contribution is 2.35. The van der Waals surface area contributed by atoms with E-state index in [9.17, 15) is 0 Å². The molecule has 94 valence electrons. The van der Waals surface area contributed by atoms with Gasteiger partial charge in [-0.05, 0) is 25.2 Å². The van der Waals surface area contributed by atoms with Gasteiger partial charge in [0.25, 0.3) is 0 Å². The summed E-state index contributed by atoms with van der Waals surface area (Å²) < 4.78 is 11.5. The molecular formula is C14H26O2. The van der Waals surface area contributed by atoms with Crippen molar-refractivity contribution in [1.82, 2.24) is 0 Å². The quantitative estimate of drug-likeness (QED) is 0.715. The van der Waals surface area contributed by atoms with E-state index in [1.54, 1.807) is 0 Å². The summed E-state index contributed by atoms with van der Waals surface area (Å²) in [6.45, 7) is 7.29. The molecule has 2 fully saturated rings. The molecule has 2 aliphatic rings. The van der Waals surface area contributed by atoms with Crippen molar-refractivity contribution in [1.29, 1.82) is 0 Å². The summed E-state index contributed by atoms with van der Waals surface area (Å²) in [6, 6.07) is 0. The molecule has 1 aliphatic carbocycles. The minimum absolute atomic E-state index is 0.357. The predicted molar refractivity (Wildman–Crippen MR) is 65.5 cm³/mol. The molecule has 2 nitrogen and oxygen atoms in total. The Bertz CT molecular complexity index is 205. The molecule has 2 rings (SSSR count). The van der Waals surface area contributed by atoms with E-state index >= 15 is 0 Å². The SMILES string of the molecule is CCC1CCCCC1OCC1(CC)COC1. The third kappa shape index (κ3) is 2.60. The van der Waals surface area contributed by atoms with Crippen LogP contribution in [0.25, 0.3) is 0 Å². The van der Waals surface area contributed by atoms with Crippen LogP contribution in [-0.2, 0) is 9.47 Å². The van der Waals surface area contributed by atoms with Gasteiger partial charge in [0.2, 0.25) is 0 Å². The van der Waals surface area contributed by atoms with E-state index < -0.39 is 0 Å². The van der Waals surface area contributed by atoms with E-state index in [1.165, 1.54) is 38.5 Å². The smallest absolute Gasteiger partial charge is 0.0603 e. The molecule has 0 spiro atoms. The summed E-state index contributed by atoms with van der Waals surface area (Å²) in [7, 11) is 0. The Morgan fingerprint density at radius 1 is 1.19 bits per heavy atom. The third-order valence-electron chi connectivity index (χ3n) is 4.53. The lowest BCUT2D eigenvalue weighted by atomic mass is 9.82. The van der Waals surface area contributed by atoms with E-state index in [1.807, 2.05) is 0 Å². The van der Waals surface area contributed by atoms with E-state index in [4.69, 9.17) is 9.47 Å². The average Bonchev–Trinajstić information content (AvgIpc) is 2.29. The lowest BCUT2D eigenvalue weighted by molar-refractivity contribution is -0.168. The van der Waals surface area contributed by atoms with Gasteiger partial charge >= 0.3 is 0 Å². The Labute approximate surface area is 99.7 Å². The molecule has 0 aromatic carbocycles. The Morgan fingerprint density at radius 3 is 2.50 bits per heavy atom. The second kappa shape index (κ2) is 5.50. The van der Waals surface area contributed by atoms with Crippen molar-refractivity contribution in [2.75, 3.05) is 19.8 Å². The van der Waals surface area contributed by atoms with Crippen LogP contribution in [-0.4, -0.2) is 25.9 Å². The van der Waals surface area contributed by atoms with Gasteiger partial charge in [-0.2, -0.15) is 0 Å². The molecular weight excluding hydrogens is 200 g/mol. The fourth-order valence-corrected chi connectivity index (χ4v) is 2.92. The molecule has 0 aromatic heterocycles. The number of ether oxygens (including phenoxy) is 2. The van der Waals surface area contributed by atoms with Crippen LogP contribution in [0.5, 0.6) is 0 Å². The summed E-state index contributed by atoms with van der Waals surface area (Å²) in [5, 5.41) is 0. The summed E-state index contributed by atoms with van der Waals surface area (Å²) in [5.74, 6) is 0.809. The molecule has 2 heteroatoms. The van der Waals surface area contributed by atoms with Gasteiger partial charge < -0.3 is 9.47 Å².